The zero-order valence-electron chi connectivity index (χ0n) is 17.4. The number of hydrogen-bond donors (Lipinski definition) is 3. The second-order valence-corrected chi connectivity index (χ2v) is 7.24. The average Bonchev–Trinajstić information content (AvgIpc) is 2.75. The van der Waals surface area contributed by atoms with Crippen molar-refractivity contribution >= 4 is 22.7 Å². The van der Waals surface area contributed by atoms with Crippen molar-refractivity contribution in [3.8, 4) is 23.4 Å². The molecule has 0 saturated carbocycles. The standard InChI is InChI=1S/C20H26N4O6/c1-4-23-19(27)13-9-15(29-2)16(30-3)10-14(13)24(20(23)28)11-17(25)22-7-5-12(6-8-22)18(21)26/h9-10,12H,4-8,11H2,1-3H3,(H2,21,26)/p+2. The summed E-state index contributed by atoms with van der Waals surface area (Å²) >= 11 is 0. The van der Waals surface area contributed by atoms with Crippen molar-refractivity contribution in [3.05, 3.63) is 12.1 Å². The molecule has 2 aromatic rings. The molecule has 1 aromatic heterocycles. The molecular formula is C20H28N4O6+2. The maximum atomic E-state index is 13.0. The van der Waals surface area contributed by atoms with Crippen molar-refractivity contribution in [2.45, 2.75) is 32.9 Å². The smallest absolute Gasteiger partial charge is 0.493 e. The minimum atomic E-state index is -0.344. The lowest BCUT2D eigenvalue weighted by Gasteiger charge is -2.29. The van der Waals surface area contributed by atoms with E-state index in [4.69, 9.17) is 15.2 Å². The Labute approximate surface area is 174 Å². The van der Waals surface area contributed by atoms with Crippen LogP contribution in [0.1, 0.15) is 19.8 Å². The van der Waals surface area contributed by atoms with E-state index < -0.39 is 0 Å². The van der Waals surface area contributed by atoms with Crippen molar-refractivity contribution < 1.29 is 38.4 Å². The van der Waals surface area contributed by atoms with Crippen LogP contribution in [0.4, 0.5) is 0 Å². The molecule has 2 amide bonds. The first-order chi connectivity index (χ1) is 14.3. The molecule has 10 heteroatoms. The molecule has 10 nitrogen and oxygen atoms in total. The highest BCUT2D eigenvalue weighted by Crippen LogP contribution is 2.34. The number of primary amides is 1. The first-order valence-electron chi connectivity index (χ1n) is 9.82. The maximum absolute atomic E-state index is 13.0. The van der Waals surface area contributed by atoms with Gasteiger partial charge in [0.15, 0.2) is 23.4 Å². The molecule has 1 fully saturated rings. The van der Waals surface area contributed by atoms with Gasteiger partial charge < -0.3 is 30.3 Å². The number of ether oxygens (including phenoxy) is 2. The lowest BCUT2D eigenvalue weighted by molar-refractivity contribution is -0.815. The van der Waals surface area contributed by atoms with Crippen LogP contribution in [-0.2, 0) is 22.7 Å². The van der Waals surface area contributed by atoms with Gasteiger partial charge in [0.1, 0.15) is 0 Å². The second-order valence-electron chi connectivity index (χ2n) is 7.24. The molecule has 0 unspecified atom stereocenters. The van der Waals surface area contributed by atoms with Gasteiger partial charge in [-0.1, -0.05) is 9.13 Å². The maximum Gasteiger partial charge on any atom is 0.632 e. The molecule has 1 saturated heterocycles. The molecule has 1 aromatic carbocycles. The molecule has 4 N–H and O–H groups in total. The van der Waals surface area contributed by atoms with Gasteiger partial charge in [0.2, 0.25) is 18.0 Å². The number of benzene rings is 1. The van der Waals surface area contributed by atoms with Crippen LogP contribution in [0.3, 0.4) is 0 Å². The predicted molar refractivity (Wildman–Crippen MR) is 105 cm³/mol. The van der Waals surface area contributed by atoms with Crippen LogP contribution in [0.15, 0.2) is 12.1 Å². The molecule has 1 aliphatic rings. The summed E-state index contributed by atoms with van der Waals surface area (Å²) < 4.78 is 13.4. The van der Waals surface area contributed by atoms with Crippen molar-refractivity contribution in [1.82, 2.24) is 4.90 Å². The van der Waals surface area contributed by atoms with E-state index in [0.29, 0.717) is 54.9 Å². The number of carbonyl (C=O) groups excluding carboxylic acids is 2. The number of fused-ring (bicyclic) bond motifs is 1. The number of nitrogens with two attached hydrogens (primary N) is 1. The Morgan fingerprint density at radius 2 is 1.73 bits per heavy atom. The zero-order valence-corrected chi connectivity index (χ0v) is 17.4. The fourth-order valence-electron chi connectivity index (χ4n) is 3.86. The Morgan fingerprint density at radius 1 is 1.13 bits per heavy atom. The van der Waals surface area contributed by atoms with Crippen molar-refractivity contribution in [2.75, 3.05) is 27.3 Å². The van der Waals surface area contributed by atoms with E-state index in [1.54, 1.807) is 24.0 Å². The first kappa shape index (κ1) is 21.4. The third-order valence-corrected chi connectivity index (χ3v) is 5.63. The Morgan fingerprint density at radius 3 is 2.27 bits per heavy atom. The third kappa shape index (κ3) is 3.77. The highest BCUT2D eigenvalue weighted by Gasteiger charge is 2.37. The second kappa shape index (κ2) is 8.60. The summed E-state index contributed by atoms with van der Waals surface area (Å²) in [5, 5.41) is 21.8. The van der Waals surface area contributed by atoms with E-state index in [2.05, 4.69) is 0 Å². The number of amides is 2. The fraction of sp³-hybridized carbons (Fsp3) is 0.500. The molecule has 30 heavy (non-hydrogen) atoms. The van der Waals surface area contributed by atoms with E-state index in [9.17, 15) is 19.8 Å². The Kier molecular flexibility index (Phi) is 6.14. The Hall–Kier alpha value is -3.30. The van der Waals surface area contributed by atoms with E-state index in [1.165, 1.54) is 23.4 Å². The van der Waals surface area contributed by atoms with Gasteiger partial charge in [0.25, 0.3) is 5.91 Å². The molecule has 0 bridgehead atoms. The zero-order chi connectivity index (χ0) is 22.0. The van der Waals surface area contributed by atoms with Crippen LogP contribution < -0.4 is 24.3 Å². The molecule has 162 valence electrons. The third-order valence-electron chi connectivity index (χ3n) is 5.63. The summed E-state index contributed by atoms with van der Waals surface area (Å²) in [5.74, 6) is -0.0894. The van der Waals surface area contributed by atoms with Crippen LogP contribution in [0.2, 0.25) is 0 Å². The normalized spacial score (nSPS) is 14.7. The van der Waals surface area contributed by atoms with E-state index >= 15 is 0 Å². The number of carbonyl (C=O) groups is 2. The summed E-state index contributed by atoms with van der Waals surface area (Å²) in [6, 6.07) is 2.96. The van der Waals surface area contributed by atoms with E-state index in [0.717, 1.165) is 0 Å². The van der Waals surface area contributed by atoms with Gasteiger partial charge in [-0.3, -0.25) is 9.59 Å². The lowest BCUT2D eigenvalue weighted by Crippen LogP contribution is -2.53. The van der Waals surface area contributed by atoms with E-state index in [-0.39, 0.29) is 36.2 Å². The van der Waals surface area contributed by atoms with Gasteiger partial charge in [-0.25, -0.2) is 0 Å². The monoisotopic (exact) mass is 420 g/mol. The van der Waals surface area contributed by atoms with Crippen LogP contribution in [-0.4, -0.2) is 54.2 Å². The predicted octanol–water partition coefficient (Wildman–Crippen LogP) is -0.413. The minimum Gasteiger partial charge on any atom is -0.493 e. The highest BCUT2D eigenvalue weighted by atomic mass is 16.5. The van der Waals surface area contributed by atoms with Crippen LogP contribution >= 0.6 is 0 Å². The summed E-state index contributed by atoms with van der Waals surface area (Å²) in [5.41, 5.74) is 5.79. The van der Waals surface area contributed by atoms with Gasteiger partial charge in [0, 0.05) is 25.1 Å². The van der Waals surface area contributed by atoms with Crippen molar-refractivity contribution in [1.29, 1.82) is 0 Å². The number of hydrogen-bond acceptors (Lipinski definition) is 6. The van der Waals surface area contributed by atoms with Gasteiger partial charge in [-0.05, 0) is 19.8 Å². The largest absolute Gasteiger partial charge is 0.632 e. The van der Waals surface area contributed by atoms with E-state index in [1.807, 2.05) is 0 Å². The molecule has 0 spiro atoms. The molecule has 0 aliphatic carbocycles. The van der Waals surface area contributed by atoms with Crippen LogP contribution in [0, 0.1) is 5.92 Å². The molecule has 1 aliphatic heterocycles. The lowest BCUT2D eigenvalue weighted by atomic mass is 9.96. The number of nitrogens with zero attached hydrogens (tertiary/aromatic N) is 3. The number of methoxy groups -OCH3 is 2. The number of aromatic hydroxyl groups is 2. The molecule has 0 atom stereocenters. The first-order valence-corrected chi connectivity index (χ1v) is 9.82. The van der Waals surface area contributed by atoms with Crippen LogP contribution in [0.5, 0.6) is 23.4 Å². The van der Waals surface area contributed by atoms with Crippen LogP contribution in [0.25, 0.3) is 10.9 Å². The van der Waals surface area contributed by atoms with Crippen molar-refractivity contribution in [2.24, 2.45) is 11.7 Å². The SMILES string of the molecule is CC[n+]1c(O)c2cc(OC)c(OC)cc2[n+](CC(=O)N2CCC(C(N)=O)CC2)c1O. The average molecular weight is 420 g/mol. The topological polar surface area (TPSA) is 130 Å². The molecular weight excluding hydrogens is 392 g/mol. The summed E-state index contributed by atoms with van der Waals surface area (Å²) in [7, 11) is 2.97. The Bertz CT molecular complexity index is 985. The van der Waals surface area contributed by atoms with Gasteiger partial charge in [-0.2, -0.15) is 0 Å². The summed E-state index contributed by atoms with van der Waals surface area (Å²) in [6.45, 7) is 2.77. The molecule has 2 heterocycles. The molecule has 3 rings (SSSR count). The van der Waals surface area contributed by atoms with Crippen molar-refractivity contribution in [3.63, 3.8) is 0 Å². The molecule has 0 radical (unpaired) electrons. The number of rotatable bonds is 6. The summed E-state index contributed by atoms with van der Waals surface area (Å²) in [6.07, 6.45) is 1.04. The number of likely N-dealkylation sites (tertiary alicyclic amines) is 1. The van der Waals surface area contributed by atoms with Gasteiger partial charge in [-0.15, -0.1) is 0 Å². The highest BCUT2D eigenvalue weighted by molar-refractivity contribution is 5.84. The number of aromatic nitrogens is 2. The van der Waals surface area contributed by atoms with Gasteiger partial charge >= 0.3 is 11.9 Å². The minimum absolute atomic E-state index is 0.140. The summed E-state index contributed by atoms with van der Waals surface area (Å²) in [4.78, 5) is 26.0. The number of piperidine rings is 1. The fourth-order valence-corrected chi connectivity index (χ4v) is 3.86. The quantitative estimate of drug-likeness (QED) is 0.545. The Balaban J connectivity index is 2.02. The van der Waals surface area contributed by atoms with Gasteiger partial charge in [0.05, 0.1) is 20.3 Å².